The smallest absolute Gasteiger partial charge is 0.200 e. The first-order chi connectivity index (χ1) is 10.1. The normalized spacial score (nSPS) is 11.2. The zero-order chi connectivity index (χ0) is 16.9. The molecule has 2 aromatic rings. The van der Waals surface area contributed by atoms with E-state index in [-0.39, 0.29) is 0 Å². The van der Waals surface area contributed by atoms with Gasteiger partial charge >= 0.3 is 0 Å². The maximum atomic E-state index is 13.6. The van der Waals surface area contributed by atoms with Crippen molar-refractivity contribution < 1.29 is 39.5 Å². The summed E-state index contributed by atoms with van der Waals surface area (Å²) in [6.45, 7) is 0. The Hall–Kier alpha value is -1.84. The van der Waals surface area contributed by atoms with Crippen LogP contribution in [0.3, 0.4) is 0 Å². The van der Waals surface area contributed by atoms with Crippen LogP contribution in [0.2, 0.25) is 0 Å². The van der Waals surface area contributed by atoms with Crippen LogP contribution in [0, 0.1) is 52.4 Å². The molecule has 0 aromatic heterocycles. The van der Waals surface area contributed by atoms with Crippen LogP contribution < -0.4 is 0 Å². The van der Waals surface area contributed by atoms with Gasteiger partial charge in [0.15, 0.2) is 46.5 Å². The summed E-state index contributed by atoms with van der Waals surface area (Å²) in [7, 11) is 0. The average Bonchev–Trinajstić information content (AvgIpc) is 2.50. The second-order valence-electron chi connectivity index (χ2n) is 3.92. The van der Waals surface area contributed by atoms with E-state index in [0.717, 1.165) is 0 Å². The average molecular weight is 348 g/mol. The standard InChI is InChI=1S/C12HF9S/c13-3-1(4(14)7(17)9(19)6(3)16)2-5(15)8(18)10(20)11(21)12(2)22/h22H. The van der Waals surface area contributed by atoms with Crippen LogP contribution in [0.25, 0.3) is 11.1 Å². The van der Waals surface area contributed by atoms with Gasteiger partial charge in [-0.3, -0.25) is 0 Å². The van der Waals surface area contributed by atoms with Crippen molar-refractivity contribution in [3.63, 3.8) is 0 Å². The minimum atomic E-state index is -2.55. The molecule has 0 fully saturated rings. The lowest BCUT2D eigenvalue weighted by Gasteiger charge is -2.13. The van der Waals surface area contributed by atoms with E-state index in [1.807, 2.05) is 0 Å². The molecule has 0 heterocycles. The van der Waals surface area contributed by atoms with Crippen molar-refractivity contribution >= 4 is 12.6 Å². The lowest BCUT2D eigenvalue weighted by molar-refractivity contribution is 0.377. The summed E-state index contributed by atoms with van der Waals surface area (Å²) >= 11 is 3.20. The summed E-state index contributed by atoms with van der Waals surface area (Å²) < 4.78 is 119. The van der Waals surface area contributed by atoms with Crippen LogP contribution >= 0.6 is 12.6 Å². The number of thiol groups is 1. The molecule has 0 aliphatic carbocycles. The Morgan fingerprint density at radius 3 is 1.05 bits per heavy atom. The zero-order valence-corrected chi connectivity index (χ0v) is 10.7. The van der Waals surface area contributed by atoms with E-state index in [0.29, 0.717) is 0 Å². The van der Waals surface area contributed by atoms with E-state index in [9.17, 15) is 39.5 Å². The van der Waals surface area contributed by atoms with Crippen molar-refractivity contribution in [3.05, 3.63) is 52.4 Å². The highest BCUT2D eigenvalue weighted by Crippen LogP contribution is 2.39. The van der Waals surface area contributed by atoms with Crippen LogP contribution in [0.15, 0.2) is 4.90 Å². The summed E-state index contributed by atoms with van der Waals surface area (Å²) in [4.78, 5) is -1.46. The summed E-state index contributed by atoms with van der Waals surface area (Å²) in [5, 5.41) is 0. The number of hydrogen-bond acceptors (Lipinski definition) is 1. The van der Waals surface area contributed by atoms with Crippen molar-refractivity contribution in [2.45, 2.75) is 4.90 Å². The van der Waals surface area contributed by atoms with Crippen LogP contribution in [0.4, 0.5) is 39.5 Å². The van der Waals surface area contributed by atoms with E-state index < -0.39 is 68.4 Å². The van der Waals surface area contributed by atoms with Crippen LogP contribution in [-0.4, -0.2) is 0 Å². The summed E-state index contributed by atoms with van der Waals surface area (Å²) in [5.74, 6) is -21.9. The highest BCUT2D eigenvalue weighted by molar-refractivity contribution is 7.80. The first-order valence-corrected chi connectivity index (χ1v) is 5.62. The third kappa shape index (κ3) is 2.13. The first-order valence-electron chi connectivity index (χ1n) is 5.17. The zero-order valence-electron chi connectivity index (χ0n) is 9.85. The second-order valence-corrected chi connectivity index (χ2v) is 4.37. The maximum absolute atomic E-state index is 13.6. The topological polar surface area (TPSA) is 0 Å². The summed E-state index contributed by atoms with van der Waals surface area (Å²) in [6.07, 6.45) is 0. The molecule has 0 saturated carbocycles. The fourth-order valence-electron chi connectivity index (χ4n) is 1.67. The molecular weight excluding hydrogens is 347 g/mol. The van der Waals surface area contributed by atoms with Gasteiger partial charge in [-0.15, -0.1) is 12.6 Å². The van der Waals surface area contributed by atoms with Crippen LogP contribution in [0.1, 0.15) is 0 Å². The Labute approximate surface area is 121 Å². The molecule has 0 aliphatic rings. The van der Waals surface area contributed by atoms with Gasteiger partial charge in [-0.05, 0) is 0 Å². The summed E-state index contributed by atoms with van der Waals surface area (Å²) in [6, 6.07) is 0. The predicted octanol–water partition coefficient (Wildman–Crippen LogP) is 4.89. The third-order valence-electron chi connectivity index (χ3n) is 2.70. The first kappa shape index (κ1) is 16.5. The van der Waals surface area contributed by atoms with E-state index in [4.69, 9.17) is 0 Å². The third-order valence-corrected chi connectivity index (χ3v) is 3.12. The molecule has 0 saturated heterocycles. The molecule has 0 atom stereocenters. The lowest BCUT2D eigenvalue weighted by atomic mass is 10.0. The van der Waals surface area contributed by atoms with Gasteiger partial charge in [0, 0.05) is 5.56 Å². The quantitative estimate of drug-likeness (QED) is 0.322. The molecule has 0 aliphatic heterocycles. The van der Waals surface area contributed by atoms with E-state index in [1.54, 1.807) is 0 Å². The Balaban J connectivity index is 3.03. The Kier molecular flexibility index (Phi) is 4.07. The largest absolute Gasteiger partial charge is 0.203 e. The Morgan fingerprint density at radius 1 is 0.364 bits per heavy atom. The molecule has 118 valence electrons. The summed E-state index contributed by atoms with van der Waals surface area (Å²) in [5.41, 5.74) is -3.69. The molecule has 22 heavy (non-hydrogen) atoms. The predicted molar refractivity (Wildman–Crippen MR) is 58.8 cm³/mol. The van der Waals surface area contributed by atoms with Crippen molar-refractivity contribution in [1.29, 1.82) is 0 Å². The molecule has 10 heteroatoms. The van der Waals surface area contributed by atoms with E-state index >= 15 is 0 Å². The van der Waals surface area contributed by atoms with Gasteiger partial charge in [0.1, 0.15) is 0 Å². The van der Waals surface area contributed by atoms with Crippen LogP contribution in [0.5, 0.6) is 0 Å². The van der Waals surface area contributed by atoms with E-state index in [2.05, 4.69) is 12.6 Å². The highest BCUT2D eigenvalue weighted by atomic mass is 32.1. The number of hydrogen-bond donors (Lipinski definition) is 1. The van der Waals surface area contributed by atoms with Gasteiger partial charge in [-0.25, -0.2) is 39.5 Å². The number of halogens is 9. The molecule has 0 bridgehead atoms. The van der Waals surface area contributed by atoms with Gasteiger partial charge in [-0.1, -0.05) is 0 Å². The Morgan fingerprint density at radius 2 is 0.636 bits per heavy atom. The van der Waals surface area contributed by atoms with Crippen molar-refractivity contribution in [1.82, 2.24) is 0 Å². The van der Waals surface area contributed by atoms with Crippen molar-refractivity contribution in [3.8, 4) is 11.1 Å². The number of rotatable bonds is 1. The molecule has 0 amide bonds. The van der Waals surface area contributed by atoms with Gasteiger partial charge in [0.2, 0.25) is 5.82 Å². The van der Waals surface area contributed by atoms with Crippen LogP contribution in [-0.2, 0) is 0 Å². The second kappa shape index (κ2) is 5.41. The molecule has 0 nitrogen and oxygen atoms in total. The molecule has 2 rings (SSSR count). The molecule has 0 N–H and O–H groups in total. The SMILES string of the molecule is Fc1c(F)c(F)c(-c2c(F)c(F)c(F)c(F)c2S)c(F)c1F. The van der Waals surface area contributed by atoms with Gasteiger partial charge in [-0.2, -0.15) is 0 Å². The minimum absolute atomic E-state index is 1.46. The lowest BCUT2D eigenvalue weighted by Crippen LogP contribution is -2.08. The fourth-order valence-corrected chi connectivity index (χ4v) is 1.98. The molecule has 0 spiro atoms. The van der Waals surface area contributed by atoms with Gasteiger partial charge in [0.25, 0.3) is 0 Å². The molecule has 0 radical (unpaired) electrons. The Bertz CT molecular complexity index is 675. The van der Waals surface area contributed by atoms with Crippen molar-refractivity contribution in [2.75, 3.05) is 0 Å². The molecule has 0 unspecified atom stereocenters. The fraction of sp³-hybridized carbons (Fsp3) is 0. The van der Waals surface area contributed by atoms with Gasteiger partial charge in [0.05, 0.1) is 10.5 Å². The monoisotopic (exact) mass is 348 g/mol. The van der Waals surface area contributed by atoms with Crippen molar-refractivity contribution in [2.24, 2.45) is 0 Å². The molecular formula is C12HF9S. The highest BCUT2D eigenvalue weighted by Gasteiger charge is 2.33. The number of benzene rings is 2. The maximum Gasteiger partial charge on any atom is 0.200 e. The molecule has 2 aromatic carbocycles. The van der Waals surface area contributed by atoms with Gasteiger partial charge < -0.3 is 0 Å². The minimum Gasteiger partial charge on any atom is -0.203 e. The van der Waals surface area contributed by atoms with E-state index in [1.165, 1.54) is 0 Å².